The summed E-state index contributed by atoms with van der Waals surface area (Å²) in [6, 6.07) is -0.490. The molecular formula is C14H29BFN3O3Si. The van der Waals surface area contributed by atoms with E-state index in [4.69, 9.17) is 19.4 Å². The third kappa shape index (κ3) is 6.08. The molecule has 6 nitrogen and oxygen atoms in total. The van der Waals surface area contributed by atoms with Crippen LogP contribution in [0.2, 0.25) is 18.1 Å². The molecule has 0 aromatic heterocycles. The molecule has 2 unspecified atom stereocenters. The quantitative estimate of drug-likeness (QED) is 0.321. The van der Waals surface area contributed by atoms with Crippen molar-refractivity contribution in [2.24, 2.45) is 5.11 Å². The van der Waals surface area contributed by atoms with Gasteiger partial charge in [-0.25, -0.2) is 4.39 Å². The smallest absolute Gasteiger partial charge is 0.192 e. The van der Waals surface area contributed by atoms with Gasteiger partial charge in [-0.05, 0) is 36.5 Å². The van der Waals surface area contributed by atoms with Crippen molar-refractivity contribution in [1.29, 1.82) is 0 Å². The predicted octanol–water partition coefficient (Wildman–Crippen LogP) is 3.14. The molecule has 1 fully saturated rings. The average Bonchev–Trinajstić information content (AvgIpc) is 2.57. The lowest BCUT2D eigenvalue weighted by Crippen LogP contribution is -2.46. The van der Waals surface area contributed by atoms with Gasteiger partial charge < -0.3 is 13.9 Å². The van der Waals surface area contributed by atoms with Crippen LogP contribution < -0.4 is 0 Å². The van der Waals surface area contributed by atoms with Gasteiger partial charge in [-0.1, -0.05) is 25.9 Å². The number of alkyl halides is 1. The van der Waals surface area contributed by atoms with E-state index in [2.05, 4.69) is 43.9 Å². The van der Waals surface area contributed by atoms with E-state index >= 15 is 0 Å². The number of halogens is 1. The molecule has 23 heavy (non-hydrogen) atoms. The van der Waals surface area contributed by atoms with Crippen molar-refractivity contribution >= 4 is 16.2 Å². The van der Waals surface area contributed by atoms with Crippen molar-refractivity contribution in [3.63, 3.8) is 0 Å². The zero-order valence-corrected chi connectivity index (χ0v) is 16.1. The Morgan fingerprint density at radius 3 is 2.61 bits per heavy atom. The first-order chi connectivity index (χ1) is 10.6. The van der Waals surface area contributed by atoms with Gasteiger partial charge >= 0.3 is 0 Å². The maximum absolute atomic E-state index is 13.9. The first-order valence-corrected chi connectivity index (χ1v) is 11.1. The number of nitrogens with zero attached hydrogens (tertiary/aromatic N) is 3. The first-order valence-electron chi connectivity index (χ1n) is 8.14. The Morgan fingerprint density at radius 2 is 2.04 bits per heavy atom. The molecule has 0 bridgehead atoms. The summed E-state index contributed by atoms with van der Waals surface area (Å²) in [6.45, 7) is 11.1. The highest BCUT2D eigenvalue weighted by atomic mass is 28.4. The second kappa shape index (κ2) is 8.48. The van der Waals surface area contributed by atoms with Crippen LogP contribution in [0, 0.1) is 0 Å². The largest absolute Gasteiger partial charge is 0.414 e. The average molecular weight is 345 g/mol. The van der Waals surface area contributed by atoms with Crippen LogP contribution in [0.4, 0.5) is 4.39 Å². The van der Waals surface area contributed by atoms with Crippen LogP contribution >= 0.6 is 0 Å². The maximum atomic E-state index is 13.9. The maximum Gasteiger partial charge on any atom is 0.192 e. The first kappa shape index (κ1) is 20.4. The molecule has 1 rings (SSSR count). The van der Waals surface area contributed by atoms with Crippen LogP contribution in [-0.2, 0) is 13.9 Å². The molecule has 0 spiro atoms. The van der Waals surface area contributed by atoms with Crippen LogP contribution in [0.3, 0.4) is 0 Å². The lowest BCUT2D eigenvalue weighted by Gasteiger charge is -2.38. The number of rotatable bonds is 6. The molecule has 0 saturated carbocycles. The summed E-state index contributed by atoms with van der Waals surface area (Å²) >= 11 is 0. The van der Waals surface area contributed by atoms with Gasteiger partial charge in [0.25, 0.3) is 0 Å². The third-order valence-electron chi connectivity index (χ3n) is 4.86. The Kier molecular flexibility index (Phi) is 7.54. The van der Waals surface area contributed by atoms with Gasteiger partial charge in [-0.15, -0.1) is 0 Å². The van der Waals surface area contributed by atoms with E-state index in [1.54, 1.807) is 7.85 Å². The minimum Gasteiger partial charge on any atom is -0.414 e. The van der Waals surface area contributed by atoms with Crippen LogP contribution in [0.5, 0.6) is 0 Å². The molecule has 0 N–H and O–H groups in total. The van der Waals surface area contributed by atoms with E-state index in [0.717, 1.165) is 0 Å². The Bertz CT molecular complexity index is 430. The molecular weight excluding hydrogens is 316 g/mol. The molecule has 9 heteroatoms. The van der Waals surface area contributed by atoms with Crippen molar-refractivity contribution in [2.75, 3.05) is 13.3 Å². The molecule has 0 aliphatic carbocycles. The summed E-state index contributed by atoms with van der Waals surface area (Å²) < 4.78 is 31.6. The van der Waals surface area contributed by atoms with Gasteiger partial charge in [0.1, 0.15) is 26.9 Å². The highest BCUT2D eigenvalue weighted by Gasteiger charge is 2.40. The van der Waals surface area contributed by atoms with Gasteiger partial charge in [0, 0.05) is 4.91 Å². The van der Waals surface area contributed by atoms with E-state index in [9.17, 15) is 4.39 Å². The van der Waals surface area contributed by atoms with Gasteiger partial charge in [-0.2, -0.15) is 0 Å². The standard InChI is InChI=1S/C14H29BFN3O3Si/c1-14(2,3)23(4,5)21-8-12-11(20-9-18-19-17)7-6-10(16)13(15)22-12/h10-13H,6-9,15H2,1-5H3/t10?,11?,12-,13-/m1/s1. The number of ether oxygens (including phenoxy) is 2. The Labute approximate surface area is 140 Å². The Balaban J connectivity index is 2.76. The van der Waals surface area contributed by atoms with Crippen molar-refractivity contribution in [1.82, 2.24) is 0 Å². The number of hydrogen-bond acceptors (Lipinski definition) is 4. The minimum atomic E-state index is -1.92. The zero-order chi connectivity index (χ0) is 17.7. The Hall–Kier alpha value is -0.598. The van der Waals surface area contributed by atoms with Crippen molar-refractivity contribution < 1.29 is 18.3 Å². The monoisotopic (exact) mass is 345 g/mol. The number of hydrogen-bond donors (Lipinski definition) is 0. The molecule has 0 aromatic rings. The molecule has 1 saturated heterocycles. The van der Waals surface area contributed by atoms with E-state index in [1.165, 1.54) is 0 Å². The molecule has 1 aliphatic rings. The predicted molar refractivity (Wildman–Crippen MR) is 93.4 cm³/mol. The summed E-state index contributed by atoms with van der Waals surface area (Å²) in [5, 5.41) is 3.48. The summed E-state index contributed by atoms with van der Waals surface area (Å²) in [5.74, 6) is 0. The molecule has 0 aromatic carbocycles. The van der Waals surface area contributed by atoms with Crippen LogP contribution in [0.25, 0.3) is 10.4 Å². The second-order valence-corrected chi connectivity index (χ2v) is 12.4. The minimum absolute atomic E-state index is 0.0769. The van der Waals surface area contributed by atoms with Gasteiger partial charge in [0.05, 0.1) is 18.7 Å². The summed E-state index contributed by atoms with van der Waals surface area (Å²) in [6.07, 6.45) is -0.794. The van der Waals surface area contributed by atoms with Gasteiger partial charge in [0.2, 0.25) is 0 Å². The zero-order valence-electron chi connectivity index (χ0n) is 15.1. The fraction of sp³-hybridized carbons (Fsp3) is 1.00. The second-order valence-electron chi connectivity index (χ2n) is 7.61. The molecule has 1 heterocycles. The highest BCUT2D eigenvalue weighted by Crippen LogP contribution is 2.37. The van der Waals surface area contributed by atoms with Crippen molar-refractivity contribution in [2.45, 2.75) is 76.1 Å². The Morgan fingerprint density at radius 1 is 1.39 bits per heavy atom. The van der Waals surface area contributed by atoms with E-state index < -0.39 is 20.5 Å². The van der Waals surface area contributed by atoms with Crippen LogP contribution in [0.1, 0.15) is 33.6 Å². The fourth-order valence-electron chi connectivity index (χ4n) is 2.19. The molecule has 132 valence electrons. The van der Waals surface area contributed by atoms with E-state index in [0.29, 0.717) is 19.4 Å². The summed E-state index contributed by atoms with van der Waals surface area (Å²) in [4.78, 5) is 2.68. The fourth-order valence-corrected chi connectivity index (χ4v) is 3.21. The van der Waals surface area contributed by atoms with Crippen molar-refractivity contribution in [3.05, 3.63) is 10.4 Å². The summed E-state index contributed by atoms with van der Waals surface area (Å²) in [5.41, 5.74) is 8.37. The van der Waals surface area contributed by atoms with Gasteiger partial charge in [-0.3, -0.25) is 0 Å². The molecule has 0 amide bonds. The SMILES string of the molecule is B[C@@H]1O[C@H](CO[Si](C)(C)C(C)(C)C)C(OCN=[N+]=[N-])CCC1F. The third-order valence-corrected chi connectivity index (χ3v) is 9.37. The lowest BCUT2D eigenvalue weighted by molar-refractivity contribution is -0.0946. The number of azide groups is 1. The molecule has 4 atom stereocenters. The highest BCUT2D eigenvalue weighted by molar-refractivity contribution is 6.74. The van der Waals surface area contributed by atoms with Crippen LogP contribution in [0.15, 0.2) is 5.11 Å². The van der Waals surface area contributed by atoms with E-state index in [1.807, 2.05) is 0 Å². The summed E-state index contributed by atoms with van der Waals surface area (Å²) in [7, 11) is -0.187. The van der Waals surface area contributed by atoms with E-state index in [-0.39, 0.29) is 24.0 Å². The van der Waals surface area contributed by atoms with Gasteiger partial charge in [0.15, 0.2) is 8.32 Å². The topological polar surface area (TPSA) is 76.5 Å². The normalized spacial score (nSPS) is 29.7. The lowest BCUT2D eigenvalue weighted by atomic mass is 9.93. The molecule has 0 radical (unpaired) electrons. The van der Waals surface area contributed by atoms with Crippen molar-refractivity contribution in [3.8, 4) is 0 Å². The molecule has 1 aliphatic heterocycles. The van der Waals surface area contributed by atoms with Crippen LogP contribution in [-0.4, -0.2) is 53.9 Å².